The number of thiazole rings is 1. The summed E-state index contributed by atoms with van der Waals surface area (Å²) in [5.41, 5.74) is 7.89. The quantitative estimate of drug-likeness (QED) is 0.767. The van der Waals surface area contributed by atoms with E-state index in [4.69, 9.17) is 27.1 Å². The Balaban J connectivity index is 1.91. The lowest BCUT2D eigenvalue weighted by Crippen LogP contribution is -2.36. The van der Waals surface area contributed by atoms with Crippen molar-refractivity contribution in [1.82, 2.24) is 9.88 Å². The maximum atomic E-state index is 13.6. The average molecular weight is 421 g/mol. The zero-order valence-corrected chi connectivity index (χ0v) is 16.6. The number of esters is 1. The Morgan fingerprint density at radius 2 is 2.32 bits per heavy atom. The van der Waals surface area contributed by atoms with E-state index >= 15 is 0 Å². The van der Waals surface area contributed by atoms with Gasteiger partial charge in [0.25, 0.3) is 0 Å². The number of carbonyl (C=O) groups excluding carboxylic acids is 1. The van der Waals surface area contributed by atoms with Crippen LogP contribution in [0.5, 0.6) is 0 Å². The van der Waals surface area contributed by atoms with Gasteiger partial charge < -0.3 is 15.4 Å². The van der Waals surface area contributed by atoms with Crippen LogP contribution in [-0.4, -0.2) is 40.9 Å². The zero-order chi connectivity index (χ0) is 19.8. The van der Waals surface area contributed by atoms with Crippen molar-refractivity contribution >= 4 is 34.7 Å². The van der Waals surface area contributed by atoms with E-state index in [9.17, 15) is 9.18 Å². The molecule has 2 atom stereocenters. The van der Waals surface area contributed by atoms with Gasteiger partial charge in [0.15, 0.2) is 10.8 Å². The van der Waals surface area contributed by atoms with Gasteiger partial charge in [0.1, 0.15) is 11.9 Å². The zero-order valence-electron chi connectivity index (χ0n) is 15.1. The lowest BCUT2D eigenvalue weighted by atomic mass is 9.94. The van der Waals surface area contributed by atoms with E-state index in [0.29, 0.717) is 29.9 Å². The van der Waals surface area contributed by atoms with Crippen LogP contribution in [0.3, 0.4) is 0 Å². The second-order valence-corrected chi connectivity index (χ2v) is 7.82. The standard InChI is InChI=1S/C19H18ClFN4O2S/c1-2-27-19(26)15-14-8-11(22)9-25(14)17(18-23-5-6-28-18)24-16(15)12-4-3-10(21)7-13(12)20/h3-7,11,16H,2,8-9,22H2,1H3/t11-,16?/m0/s1. The molecule has 1 saturated heterocycles. The van der Waals surface area contributed by atoms with E-state index in [1.165, 1.54) is 23.5 Å². The third-order valence-electron chi connectivity index (χ3n) is 4.67. The van der Waals surface area contributed by atoms with Crippen LogP contribution in [0.4, 0.5) is 4.39 Å². The Hall–Kier alpha value is -2.29. The number of carbonyl (C=O) groups is 1. The van der Waals surface area contributed by atoms with Crippen molar-refractivity contribution in [2.45, 2.75) is 25.4 Å². The van der Waals surface area contributed by atoms with Gasteiger partial charge in [0, 0.05) is 46.9 Å². The minimum Gasteiger partial charge on any atom is -0.463 e. The van der Waals surface area contributed by atoms with Gasteiger partial charge in [0.05, 0.1) is 12.2 Å². The monoisotopic (exact) mass is 420 g/mol. The smallest absolute Gasteiger partial charge is 0.338 e. The summed E-state index contributed by atoms with van der Waals surface area (Å²) in [5.74, 6) is -0.288. The summed E-state index contributed by atoms with van der Waals surface area (Å²) in [4.78, 5) is 24.0. The highest BCUT2D eigenvalue weighted by Gasteiger charge is 2.41. The summed E-state index contributed by atoms with van der Waals surface area (Å²) in [6.45, 7) is 2.50. The number of hydrogen-bond donors (Lipinski definition) is 1. The van der Waals surface area contributed by atoms with Gasteiger partial charge in [-0.25, -0.2) is 14.2 Å². The number of ether oxygens (including phenoxy) is 1. The molecular weight excluding hydrogens is 403 g/mol. The molecule has 1 fully saturated rings. The molecule has 1 aromatic heterocycles. The Bertz CT molecular complexity index is 976. The van der Waals surface area contributed by atoms with Crippen molar-refractivity contribution in [2.75, 3.05) is 13.2 Å². The fourth-order valence-electron chi connectivity index (χ4n) is 3.54. The van der Waals surface area contributed by atoms with Crippen LogP contribution in [0.2, 0.25) is 5.02 Å². The highest BCUT2D eigenvalue weighted by Crippen LogP contribution is 2.42. The molecule has 2 aromatic rings. The highest BCUT2D eigenvalue weighted by atomic mass is 35.5. The van der Waals surface area contributed by atoms with E-state index in [0.717, 1.165) is 10.7 Å². The van der Waals surface area contributed by atoms with Crippen molar-refractivity contribution in [2.24, 2.45) is 10.7 Å². The molecule has 1 aromatic carbocycles. The minimum atomic E-state index is -0.720. The third-order valence-corrected chi connectivity index (χ3v) is 5.76. The number of nitrogens with zero attached hydrogens (tertiary/aromatic N) is 3. The molecule has 4 rings (SSSR count). The van der Waals surface area contributed by atoms with Gasteiger partial charge in [-0.05, 0) is 19.1 Å². The number of nitrogens with two attached hydrogens (primary N) is 1. The van der Waals surface area contributed by atoms with Gasteiger partial charge in [-0.3, -0.25) is 4.99 Å². The number of amidine groups is 1. The molecule has 0 aliphatic carbocycles. The Labute approximate surface area is 170 Å². The molecule has 2 aliphatic rings. The molecule has 0 spiro atoms. The number of aliphatic imine (C=N–C) groups is 1. The Kier molecular flexibility index (Phi) is 5.18. The van der Waals surface area contributed by atoms with Gasteiger partial charge in [0.2, 0.25) is 0 Å². The summed E-state index contributed by atoms with van der Waals surface area (Å²) < 4.78 is 18.9. The molecule has 0 saturated carbocycles. The molecule has 9 heteroatoms. The molecule has 28 heavy (non-hydrogen) atoms. The van der Waals surface area contributed by atoms with Crippen molar-refractivity contribution in [3.05, 3.63) is 62.5 Å². The molecular formula is C19H18ClFN4O2S. The molecule has 1 unspecified atom stereocenters. The van der Waals surface area contributed by atoms with Gasteiger partial charge in [-0.15, -0.1) is 11.3 Å². The first-order chi connectivity index (χ1) is 13.5. The van der Waals surface area contributed by atoms with Crippen molar-refractivity contribution in [3.63, 3.8) is 0 Å². The Morgan fingerprint density at radius 3 is 3.00 bits per heavy atom. The SMILES string of the molecule is CCOC(=O)C1=C2C[C@H](N)CN2C(c2nccs2)=NC1c1ccc(F)cc1Cl. The summed E-state index contributed by atoms with van der Waals surface area (Å²) in [7, 11) is 0. The predicted octanol–water partition coefficient (Wildman–Crippen LogP) is 3.29. The first-order valence-corrected chi connectivity index (χ1v) is 10.1. The molecule has 146 valence electrons. The average Bonchev–Trinajstić information content (AvgIpc) is 3.29. The van der Waals surface area contributed by atoms with E-state index < -0.39 is 17.8 Å². The van der Waals surface area contributed by atoms with E-state index in [2.05, 4.69) is 4.98 Å². The summed E-state index contributed by atoms with van der Waals surface area (Å²) in [5, 5.41) is 2.78. The highest BCUT2D eigenvalue weighted by molar-refractivity contribution is 7.11. The number of benzene rings is 1. The largest absolute Gasteiger partial charge is 0.463 e. The molecule has 6 nitrogen and oxygen atoms in total. The lowest BCUT2D eigenvalue weighted by molar-refractivity contribution is -0.139. The summed E-state index contributed by atoms with van der Waals surface area (Å²) >= 11 is 7.77. The summed E-state index contributed by atoms with van der Waals surface area (Å²) in [6.07, 6.45) is 2.20. The topological polar surface area (TPSA) is 80.8 Å². The van der Waals surface area contributed by atoms with Crippen LogP contribution in [0.1, 0.15) is 30.0 Å². The minimum absolute atomic E-state index is 0.146. The molecule has 0 bridgehead atoms. The number of hydrogen-bond acceptors (Lipinski definition) is 7. The van der Waals surface area contributed by atoms with Gasteiger partial charge in [-0.2, -0.15) is 0 Å². The Morgan fingerprint density at radius 1 is 1.50 bits per heavy atom. The van der Waals surface area contributed by atoms with Crippen molar-refractivity contribution < 1.29 is 13.9 Å². The second-order valence-electron chi connectivity index (χ2n) is 6.51. The molecule has 2 aliphatic heterocycles. The molecule has 0 radical (unpaired) electrons. The van der Waals surface area contributed by atoms with Gasteiger partial charge >= 0.3 is 5.97 Å². The maximum absolute atomic E-state index is 13.6. The maximum Gasteiger partial charge on any atom is 0.338 e. The second kappa shape index (κ2) is 7.62. The number of rotatable bonds is 4. The summed E-state index contributed by atoms with van der Waals surface area (Å²) in [6, 6.07) is 3.21. The van der Waals surface area contributed by atoms with Crippen LogP contribution in [0.15, 0.2) is 46.0 Å². The lowest BCUT2D eigenvalue weighted by Gasteiger charge is -2.31. The van der Waals surface area contributed by atoms with Crippen molar-refractivity contribution in [3.8, 4) is 0 Å². The molecule has 0 amide bonds. The van der Waals surface area contributed by atoms with E-state index in [-0.39, 0.29) is 17.7 Å². The third kappa shape index (κ3) is 3.32. The fourth-order valence-corrected chi connectivity index (χ4v) is 4.45. The number of halogens is 2. The van der Waals surface area contributed by atoms with Crippen LogP contribution in [0, 0.1) is 5.82 Å². The van der Waals surface area contributed by atoms with Crippen LogP contribution < -0.4 is 5.73 Å². The van der Waals surface area contributed by atoms with Gasteiger partial charge in [-0.1, -0.05) is 17.7 Å². The normalized spacial score (nSPS) is 21.6. The van der Waals surface area contributed by atoms with E-state index in [1.54, 1.807) is 19.2 Å². The first-order valence-electron chi connectivity index (χ1n) is 8.85. The predicted molar refractivity (Wildman–Crippen MR) is 106 cm³/mol. The van der Waals surface area contributed by atoms with E-state index in [1.807, 2.05) is 10.3 Å². The fraction of sp³-hybridized carbons (Fsp3) is 0.316. The number of fused-ring (bicyclic) bond motifs is 1. The van der Waals surface area contributed by atoms with Crippen LogP contribution in [-0.2, 0) is 9.53 Å². The molecule has 3 heterocycles. The van der Waals surface area contributed by atoms with Crippen LogP contribution in [0.25, 0.3) is 0 Å². The first kappa shape index (κ1) is 19.0. The molecule has 2 N–H and O–H groups in total. The number of aromatic nitrogens is 1. The van der Waals surface area contributed by atoms with Crippen molar-refractivity contribution in [1.29, 1.82) is 0 Å². The van der Waals surface area contributed by atoms with Crippen LogP contribution >= 0.6 is 22.9 Å².